The molecule has 1 unspecified atom stereocenters. The van der Waals surface area contributed by atoms with Crippen molar-refractivity contribution in [2.45, 2.75) is 32.5 Å². The Morgan fingerprint density at radius 2 is 2.04 bits per heavy atom. The van der Waals surface area contributed by atoms with Gasteiger partial charge >= 0.3 is 6.18 Å². The molecule has 2 amide bonds. The van der Waals surface area contributed by atoms with Gasteiger partial charge in [-0.15, -0.1) is 11.3 Å². The van der Waals surface area contributed by atoms with Gasteiger partial charge in [-0.25, -0.2) is 4.98 Å². The number of hydrogen-bond donors (Lipinski definition) is 2. The molecule has 1 heterocycles. The van der Waals surface area contributed by atoms with Gasteiger partial charge in [0.25, 0.3) is 5.91 Å². The maximum Gasteiger partial charge on any atom is 0.416 e. The second-order valence-electron chi connectivity index (χ2n) is 6.28. The number of benzene rings is 1. The molecule has 0 fully saturated rings. The van der Waals surface area contributed by atoms with Gasteiger partial charge < -0.3 is 15.5 Å². The van der Waals surface area contributed by atoms with E-state index in [0.29, 0.717) is 0 Å². The van der Waals surface area contributed by atoms with Crippen molar-refractivity contribution in [2.75, 3.05) is 18.9 Å². The van der Waals surface area contributed by atoms with Crippen molar-refractivity contribution in [3.63, 3.8) is 0 Å². The number of hydrogen-bond acceptors (Lipinski definition) is 5. The van der Waals surface area contributed by atoms with Crippen LogP contribution in [0.15, 0.2) is 29.6 Å². The molecule has 0 spiro atoms. The largest absolute Gasteiger partial charge is 0.416 e. The van der Waals surface area contributed by atoms with E-state index >= 15 is 0 Å². The number of likely N-dealkylation sites (N-methyl/N-ethyl adjacent to an activating group) is 1. The van der Waals surface area contributed by atoms with E-state index in [2.05, 4.69) is 15.6 Å². The molecule has 1 aromatic carbocycles. The van der Waals surface area contributed by atoms with Gasteiger partial charge in [-0.1, -0.05) is 13.0 Å². The average Bonchev–Trinajstić information content (AvgIpc) is 3.08. The van der Waals surface area contributed by atoms with Crippen molar-refractivity contribution >= 4 is 34.0 Å². The Morgan fingerprint density at radius 3 is 2.68 bits per heavy atom. The predicted octanol–water partition coefficient (Wildman–Crippen LogP) is 3.89. The third-order valence-corrected chi connectivity index (χ3v) is 4.67. The SMILES string of the molecule is CCC(C)NC(=O)CN(C)C(=O)c1csc(Nc2cccc(C(F)(F)F)c2)n1. The van der Waals surface area contributed by atoms with Crippen LogP contribution in [0.1, 0.15) is 36.3 Å². The van der Waals surface area contributed by atoms with Crippen molar-refractivity contribution < 1.29 is 22.8 Å². The molecule has 1 atom stereocenters. The van der Waals surface area contributed by atoms with E-state index in [0.717, 1.165) is 29.9 Å². The van der Waals surface area contributed by atoms with Crippen molar-refractivity contribution in [1.82, 2.24) is 15.2 Å². The Labute approximate surface area is 164 Å². The van der Waals surface area contributed by atoms with Gasteiger partial charge in [0.15, 0.2) is 5.13 Å². The van der Waals surface area contributed by atoms with Crippen LogP contribution in [0.2, 0.25) is 0 Å². The Balaban J connectivity index is 2.01. The van der Waals surface area contributed by atoms with Crippen LogP contribution in [0.4, 0.5) is 24.0 Å². The summed E-state index contributed by atoms with van der Waals surface area (Å²) in [6, 6.07) is 4.71. The minimum Gasteiger partial charge on any atom is -0.352 e. The summed E-state index contributed by atoms with van der Waals surface area (Å²) in [4.78, 5) is 29.6. The summed E-state index contributed by atoms with van der Waals surface area (Å²) < 4.78 is 38.4. The molecule has 6 nitrogen and oxygen atoms in total. The van der Waals surface area contributed by atoms with Crippen LogP contribution < -0.4 is 10.6 Å². The molecule has 2 aromatic rings. The van der Waals surface area contributed by atoms with Crippen LogP contribution in [0.5, 0.6) is 0 Å². The lowest BCUT2D eigenvalue weighted by atomic mass is 10.2. The first kappa shape index (κ1) is 21.7. The molecule has 28 heavy (non-hydrogen) atoms. The Morgan fingerprint density at radius 1 is 1.32 bits per heavy atom. The Bertz CT molecular complexity index is 838. The van der Waals surface area contributed by atoms with Crippen molar-refractivity contribution in [1.29, 1.82) is 0 Å². The highest BCUT2D eigenvalue weighted by Crippen LogP contribution is 2.31. The van der Waals surface area contributed by atoms with Gasteiger partial charge in [-0.05, 0) is 31.5 Å². The molecular formula is C18H21F3N4O2S. The van der Waals surface area contributed by atoms with Crippen molar-refractivity contribution in [3.8, 4) is 0 Å². The molecule has 10 heteroatoms. The zero-order chi connectivity index (χ0) is 20.9. The van der Waals surface area contributed by atoms with E-state index in [1.165, 1.54) is 29.5 Å². The topological polar surface area (TPSA) is 74.3 Å². The number of nitrogens with one attached hydrogen (secondary N) is 2. The lowest BCUT2D eigenvalue weighted by Gasteiger charge is -2.17. The molecule has 0 bridgehead atoms. The number of nitrogens with zero attached hydrogens (tertiary/aromatic N) is 2. The highest BCUT2D eigenvalue weighted by Gasteiger charge is 2.30. The molecule has 0 saturated carbocycles. The van der Waals surface area contributed by atoms with Gasteiger partial charge in [0, 0.05) is 24.2 Å². The summed E-state index contributed by atoms with van der Waals surface area (Å²) in [7, 11) is 1.48. The monoisotopic (exact) mass is 414 g/mol. The number of halogens is 3. The highest BCUT2D eigenvalue weighted by molar-refractivity contribution is 7.14. The average molecular weight is 414 g/mol. The first-order valence-corrected chi connectivity index (χ1v) is 9.42. The minimum absolute atomic E-state index is 0.0125. The lowest BCUT2D eigenvalue weighted by molar-refractivity contribution is -0.137. The van der Waals surface area contributed by atoms with Gasteiger partial charge in [0.05, 0.1) is 12.1 Å². The van der Waals surface area contributed by atoms with E-state index in [1.807, 2.05) is 13.8 Å². The first-order chi connectivity index (χ1) is 13.1. The molecule has 0 aliphatic rings. The van der Waals surface area contributed by atoms with E-state index in [-0.39, 0.29) is 35.0 Å². The van der Waals surface area contributed by atoms with Gasteiger partial charge in [-0.3, -0.25) is 9.59 Å². The number of rotatable bonds is 7. The van der Waals surface area contributed by atoms with Crippen LogP contribution in [-0.4, -0.2) is 41.3 Å². The molecule has 0 aliphatic heterocycles. The smallest absolute Gasteiger partial charge is 0.352 e. The predicted molar refractivity (Wildman–Crippen MR) is 102 cm³/mol. The fraction of sp³-hybridized carbons (Fsp3) is 0.389. The van der Waals surface area contributed by atoms with Crippen LogP contribution in [-0.2, 0) is 11.0 Å². The quantitative estimate of drug-likeness (QED) is 0.721. The number of alkyl halides is 3. The standard InChI is InChI=1S/C18H21F3N4O2S/c1-4-11(2)22-15(26)9-25(3)16(27)14-10-28-17(24-14)23-13-7-5-6-12(8-13)18(19,20)21/h5-8,10-11H,4,9H2,1-3H3,(H,22,26)(H,23,24). The zero-order valence-electron chi connectivity index (χ0n) is 15.6. The van der Waals surface area contributed by atoms with Crippen molar-refractivity contribution in [3.05, 3.63) is 40.9 Å². The number of carbonyl (C=O) groups excluding carboxylic acids is 2. The van der Waals surface area contributed by atoms with E-state index < -0.39 is 17.6 Å². The Hall–Kier alpha value is -2.62. The van der Waals surface area contributed by atoms with E-state index in [4.69, 9.17) is 0 Å². The fourth-order valence-corrected chi connectivity index (χ4v) is 2.94. The van der Waals surface area contributed by atoms with E-state index in [9.17, 15) is 22.8 Å². The molecule has 0 radical (unpaired) electrons. The molecule has 0 aliphatic carbocycles. The molecule has 1 aromatic heterocycles. The normalized spacial score (nSPS) is 12.4. The summed E-state index contributed by atoms with van der Waals surface area (Å²) in [5, 5.41) is 7.30. The first-order valence-electron chi connectivity index (χ1n) is 8.54. The zero-order valence-corrected chi connectivity index (χ0v) is 16.4. The third kappa shape index (κ3) is 5.95. The van der Waals surface area contributed by atoms with E-state index in [1.54, 1.807) is 0 Å². The van der Waals surface area contributed by atoms with Gasteiger partial charge in [-0.2, -0.15) is 13.2 Å². The third-order valence-electron chi connectivity index (χ3n) is 3.91. The van der Waals surface area contributed by atoms with Crippen LogP contribution in [0, 0.1) is 0 Å². The molecule has 2 rings (SSSR count). The maximum absolute atomic E-state index is 12.8. The van der Waals surface area contributed by atoms with Crippen LogP contribution in [0.25, 0.3) is 0 Å². The number of thiazole rings is 1. The number of anilines is 2. The summed E-state index contributed by atoms with van der Waals surface area (Å²) in [5.74, 6) is -0.726. The number of carbonyl (C=O) groups is 2. The summed E-state index contributed by atoms with van der Waals surface area (Å²) >= 11 is 1.09. The molecule has 152 valence electrons. The van der Waals surface area contributed by atoms with Crippen molar-refractivity contribution in [2.24, 2.45) is 0 Å². The minimum atomic E-state index is -4.44. The molecule has 2 N–H and O–H groups in total. The Kier molecular flexibility index (Phi) is 7.00. The summed E-state index contributed by atoms with van der Waals surface area (Å²) in [6.07, 6.45) is -3.67. The summed E-state index contributed by atoms with van der Waals surface area (Å²) in [5.41, 5.74) is -0.458. The highest BCUT2D eigenvalue weighted by atomic mass is 32.1. The summed E-state index contributed by atoms with van der Waals surface area (Å²) in [6.45, 7) is 3.69. The fourth-order valence-electron chi connectivity index (χ4n) is 2.23. The van der Waals surface area contributed by atoms with Crippen LogP contribution >= 0.6 is 11.3 Å². The van der Waals surface area contributed by atoms with Crippen LogP contribution in [0.3, 0.4) is 0 Å². The second-order valence-corrected chi connectivity index (χ2v) is 7.14. The van der Waals surface area contributed by atoms with Gasteiger partial charge in [0.1, 0.15) is 5.69 Å². The second kappa shape index (κ2) is 9.05. The maximum atomic E-state index is 12.8. The molecular weight excluding hydrogens is 393 g/mol. The number of amides is 2. The lowest BCUT2D eigenvalue weighted by Crippen LogP contribution is -2.41. The molecule has 0 saturated heterocycles. The number of aromatic nitrogens is 1. The van der Waals surface area contributed by atoms with Gasteiger partial charge in [0.2, 0.25) is 5.91 Å².